The molecule has 0 radical (unpaired) electrons. The summed E-state index contributed by atoms with van der Waals surface area (Å²) in [5.74, 6) is 2.37. The van der Waals surface area contributed by atoms with E-state index in [-0.39, 0.29) is 11.8 Å². The van der Waals surface area contributed by atoms with Crippen molar-refractivity contribution in [1.29, 1.82) is 0 Å². The van der Waals surface area contributed by atoms with Gasteiger partial charge in [0, 0.05) is 23.9 Å². The first-order valence-corrected chi connectivity index (χ1v) is 11.4. The molecule has 5 heterocycles. The molecule has 0 unspecified atom stereocenters. The van der Waals surface area contributed by atoms with Crippen molar-refractivity contribution in [3.05, 3.63) is 59.5 Å². The fraction of sp³-hybridized carbons (Fsp3) is 0.304. The van der Waals surface area contributed by atoms with Crippen LogP contribution in [0.15, 0.2) is 57.8 Å². The van der Waals surface area contributed by atoms with Crippen molar-refractivity contribution < 1.29 is 13.6 Å². The third kappa shape index (κ3) is 4.29. The summed E-state index contributed by atoms with van der Waals surface area (Å²) in [6.45, 7) is 3.99. The Balaban J connectivity index is 1.13. The minimum absolute atomic E-state index is 0.000581. The van der Waals surface area contributed by atoms with Crippen LogP contribution in [0, 0.1) is 12.8 Å². The summed E-state index contributed by atoms with van der Waals surface area (Å²) in [5.41, 5.74) is 1.63. The molecule has 5 rings (SSSR count). The third-order valence-electron chi connectivity index (χ3n) is 5.66. The number of rotatable bonds is 6. The molecule has 8 nitrogen and oxygen atoms in total. The lowest BCUT2D eigenvalue weighted by Gasteiger charge is -2.31. The summed E-state index contributed by atoms with van der Waals surface area (Å²) in [6.07, 6.45) is 4.83. The minimum atomic E-state index is -0.000581. The summed E-state index contributed by atoms with van der Waals surface area (Å²) in [6, 6.07) is 11.3. The van der Waals surface area contributed by atoms with Gasteiger partial charge in [0.25, 0.3) is 0 Å². The molecule has 0 aliphatic carbocycles. The molecule has 0 atom stereocenters. The molecule has 1 aliphatic heterocycles. The smallest absolute Gasteiger partial charge is 0.223 e. The first kappa shape index (κ1) is 20.4. The molecule has 1 N–H and O–H groups in total. The minimum Gasteiger partial charge on any atom is -0.463 e. The van der Waals surface area contributed by atoms with Gasteiger partial charge in [-0.3, -0.25) is 4.79 Å². The van der Waals surface area contributed by atoms with Gasteiger partial charge in [0.2, 0.25) is 5.91 Å². The van der Waals surface area contributed by atoms with Gasteiger partial charge in [-0.05, 0) is 56.2 Å². The highest BCUT2D eigenvalue weighted by Crippen LogP contribution is 2.28. The van der Waals surface area contributed by atoms with Gasteiger partial charge < -0.3 is 19.1 Å². The predicted molar refractivity (Wildman–Crippen MR) is 121 cm³/mol. The van der Waals surface area contributed by atoms with Gasteiger partial charge in [-0.25, -0.2) is 4.98 Å². The zero-order valence-electron chi connectivity index (χ0n) is 17.7. The van der Waals surface area contributed by atoms with E-state index < -0.39 is 0 Å². The van der Waals surface area contributed by atoms with Crippen LogP contribution in [0.1, 0.15) is 23.4 Å². The van der Waals surface area contributed by atoms with Crippen molar-refractivity contribution in [3.8, 4) is 22.2 Å². The monoisotopic (exact) mass is 449 g/mol. The van der Waals surface area contributed by atoms with Crippen molar-refractivity contribution in [3.63, 3.8) is 0 Å². The summed E-state index contributed by atoms with van der Waals surface area (Å²) in [4.78, 5) is 20.5. The van der Waals surface area contributed by atoms with Gasteiger partial charge in [0.15, 0.2) is 22.3 Å². The van der Waals surface area contributed by atoms with Crippen LogP contribution in [0.3, 0.4) is 0 Å². The number of furan rings is 2. The second-order valence-electron chi connectivity index (χ2n) is 7.74. The summed E-state index contributed by atoms with van der Waals surface area (Å²) in [7, 11) is 0. The highest BCUT2D eigenvalue weighted by Gasteiger charge is 2.26. The zero-order valence-corrected chi connectivity index (χ0v) is 18.5. The maximum absolute atomic E-state index is 12.7. The molecule has 0 spiro atoms. The maximum atomic E-state index is 12.7. The van der Waals surface area contributed by atoms with Gasteiger partial charge in [-0.2, -0.15) is 0 Å². The van der Waals surface area contributed by atoms with Crippen LogP contribution in [0.25, 0.3) is 22.2 Å². The standard InChI is InChI=1S/C23H23N5O3S/c1-15-20(32-23(25-15)19-5-3-13-31-19)14-24-22(29)16-8-10-28(11-9-16)21-7-6-17(26-27-21)18-4-2-12-30-18/h2-7,12-13,16H,8-11,14H2,1H3,(H,24,29). The van der Waals surface area contributed by atoms with E-state index in [1.54, 1.807) is 23.9 Å². The van der Waals surface area contributed by atoms with Crippen LogP contribution >= 0.6 is 11.3 Å². The number of piperidine rings is 1. The maximum Gasteiger partial charge on any atom is 0.223 e. The molecule has 0 aromatic carbocycles. The van der Waals surface area contributed by atoms with Crippen molar-refractivity contribution in [2.75, 3.05) is 18.0 Å². The molecule has 4 aromatic heterocycles. The third-order valence-corrected chi connectivity index (χ3v) is 6.83. The van der Waals surface area contributed by atoms with Gasteiger partial charge in [0.05, 0.1) is 24.8 Å². The Morgan fingerprint density at radius 3 is 2.50 bits per heavy atom. The van der Waals surface area contributed by atoms with Crippen molar-refractivity contribution in [2.24, 2.45) is 5.92 Å². The Kier molecular flexibility index (Phi) is 5.72. The normalized spacial score (nSPS) is 14.6. The van der Waals surface area contributed by atoms with Crippen LogP contribution < -0.4 is 10.2 Å². The Labute approximate surface area is 189 Å². The largest absolute Gasteiger partial charge is 0.463 e. The van der Waals surface area contributed by atoms with Gasteiger partial charge in [-0.1, -0.05) is 0 Å². The van der Waals surface area contributed by atoms with E-state index in [1.165, 1.54) is 0 Å². The lowest BCUT2D eigenvalue weighted by molar-refractivity contribution is -0.125. The number of aromatic nitrogens is 3. The molecule has 32 heavy (non-hydrogen) atoms. The Bertz CT molecular complexity index is 1160. The molecule has 1 amide bonds. The lowest BCUT2D eigenvalue weighted by Crippen LogP contribution is -2.40. The molecule has 1 aliphatic rings. The number of hydrogen-bond donors (Lipinski definition) is 1. The molecule has 1 fully saturated rings. The van der Waals surface area contributed by atoms with Crippen molar-refractivity contribution in [1.82, 2.24) is 20.5 Å². The first-order valence-electron chi connectivity index (χ1n) is 10.6. The fourth-order valence-corrected chi connectivity index (χ4v) is 4.80. The number of carbonyl (C=O) groups excluding carboxylic acids is 1. The average Bonchev–Trinajstić information content (AvgIpc) is 3.60. The molecule has 0 saturated carbocycles. The summed E-state index contributed by atoms with van der Waals surface area (Å²) in [5, 5.41) is 12.5. The van der Waals surface area contributed by atoms with Crippen LogP contribution in [-0.2, 0) is 11.3 Å². The topological polar surface area (TPSA) is 97.3 Å². The molecule has 9 heteroatoms. The number of carbonyl (C=O) groups is 1. The summed E-state index contributed by atoms with van der Waals surface area (Å²) >= 11 is 1.55. The highest BCUT2D eigenvalue weighted by atomic mass is 32.1. The molecule has 4 aromatic rings. The highest BCUT2D eigenvalue weighted by molar-refractivity contribution is 7.15. The van der Waals surface area contributed by atoms with Gasteiger partial charge in [-0.15, -0.1) is 21.5 Å². The number of amides is 1. The number of nitrogens with one attached hydrogen (secondary N) is 1. The van der Waals surface area contributed by atoms with Crippen molar-refractivity contribution >= 4 is 23.1 Å². The van der Waals surface area contributed by atoms with Crippen LogP contribution in [0.5, 0.6) is 0 Å². The Morgan fingerprint density at radius 2 is 1.84 bits per heavy atom. The average molecular weight is 450 g/mol. The predicted octanol–water partition coefficient (Wildman–Crippen LogP) is 4.29. The Morgan fingerprint density at radius 1 is 1.09 bits per heavy atom. The first-order chi connectivity index (χ1) is 15.7. The number of aryl methyl sites for hydroxylation is 1. The van der Waals surface area contributed by atoms with E-state index in [4.69, 9.17) is 8.83 Å². The number of thiazole rings is 1. The second kappa shape index (κ2) is 8.96. The van der Waals surface area contributed by atoms with E-state index >= 15 is 0 Å². The summed E-state index contributed by atoms with van der Waals surface area (Å²) < 4.78 is 10.8. The van der Waals surface area contributed by atoms with Crippen LogP contribution in [0.4, 0.5) is 5.82 Å². The Hall–Kier alpha value is -3.46. The fourth-order valence-electron chi connectivity index (χ4n) is 3.83. The molecular weight excluding hydrogens is 426 g/mol. The SMILES string of the molecule is Cc1nc(-c2ccco2)sc1CNC(=O)C1CCN(c2ccc(-c3ccco3)nn2)CC1. The number of anilines is 1. The van der Waals surface area contributed by atoms with E-state index in [0.29, 0.717) is 18.0 Å². The molecule has 0 bridgehead atoms. The van der Waals surface area contributed by atoms with E-state index in [2.05, 4.69) is 25.4 Å². The van der Waals surface area contributed by atoms with Gasteiger partial charge in [0.1, 0.15) is 5.69 Å². The quantitative estimate of drug-likeness (QED) is 0.469. The zero-order chi connectivity index (χ0) is 21.9. The number of nitrogens with zero attached hydrogens (tertiary/aromatic N) is 4. The van der Waals surface area contributed by atoms with E-state index in [9.17, 15) is 4.79 Å². The molecule has 164 valence electrons. The molecule has 1 saturated heterocycles. The number of hydrogen-bond acceptors (Lipinski definition) is 8. The van der Waals surface area contributed by atoms with Crippen LogP contribution in [0.2, 0.25) is 0 Å². The van der Waals surface area contributed by atoms with Crippen molar-refractivity contribution in [2.45, 2.75) is 26.3 Å². The molecular formula is C23H23N5O3S. The lowest BCUT2D eigenvalue weighted by atomic mass is 9.96. The van der Waals surface area contributed by atoms with Gasteiger partial charge >= 0.3 is 0 Å². The second-order valence-corrected chi connectivity index (χ2v) is 8.82. The van der Waals surface area contributed by atoms with E-state index in [1.807, 2.05) is 43.3 Å². The van der Waals surface area contributed by atoms with E-state index in [0.717, 1.165) is 53.1 Å². The van der Waals surface area contributed by atoms with Crippen LogP contribution in [-0.4, -0.2) is 34.2 Å².